The molecule has 0 aliphatic carbocycles. The Hall–Kier alpha value is -2.75. The van der Waals surface area contributed by atoms with Crippen molar-refractivity contribution in [3.8, 4) is 0 Å². The van der Waals surface area contributed by atoms with Gasteiger partial charge in [-0.15, -0.1) is 11.8 Å². The van der Waals surface area contributed by atoms with E-state index in [-0.39, 0.29) is 12.8 Å². The van der Waals surface area contributed by atoms with E-state index in [9.17, 15) is 23.6 Å². The van der Waals surface area contributed by atoms with Crippen LogP contribution in [0, 0.1) is 0 Å². The normalized spacial score (nSPS) is 13.0. The molecular formula is C21H26FN3O5S. The number of rotatable bonds is 12. The zero-order chi connectivity index (χ0) is 23.0. The molecule has 31 heavy (non-hydrogen) atoms. The minimum Gasteiger partial charge on any atom is -0.481 e. The van der Waals surface area contributed by atoms with Crippen LogP contribution in [0.25, 0.3) is 10.9 Å². The Labute approximate surface area is 183 Å². The molecule has 2 N–H and O–H groups in total. The van der Waals surface area contributed by atoms with E-state index in [1.165, 1.54) is 10.9 Å². The van der Waals surface area contributed by atoms with Crippen molar-refractivity contribution in [3.63, 3.8) is 0 Å². The summed E-state index contributed by atoms with van der Waals surface area (Å²) >= 11 is 1.62. The zero-order valence-corrected chi connectivity index (χ0v) is 18.3. The Morgan fingerprint density at radius 2 is 2.03 bits per heavy atom. The van der Waals surface area contributed by atoms with Gasteiger partial charge in [-0.1, -0.05) is 13.8 Å². The van der Waals surface area contributed by atoms with E-state index in [1.54, 1.807) is 30.8 Å². The van der Waals surface area contributed by atoms with Gasteiger partial charge in [0.05, 0.1) is 23.3 Å². The Kier molecular flexibility index (Phi) is 9.17. The maximum atomic E-state index is 13.1. The summed E-state index contributed by atoms with van der Waals surface area (Å²) in [6.07, 6.45) is 1.85. The fraction of sp³-hybridized carbons (Fsp3) is 0.476. The largest absolute Gasteiger partial charge is 0.481 e. The molecule has 1 aromatic heterocycles. The van der Waals surface area contributed by atoms with Gasteiger partial charge in [0.1, 0.15) is 12.7 Å². The Morgan fingerprint density at radius 3 is 2.65 bits per heavy atom. The Bertz CT molecular complexity index is 1010. The van der Waals surface area contributed by atoms with Gasteiger partial charge in [-0.3, -0.25) is 23.7 Å². The van der Waals surface area contributed by atoms with E-state index in [2.05, 4.69) is 17.2 Å². The van der Waals surface area contributed by atoms with Crippen LogP contribution in [-0.2, 0) is 14.4 Å². The number of Topliss-reactive ketones (excluding diaryl/α,β-unsaturated/α-hetero) is 1. The zero-order valence-electron chi connectivity index (χ0n) is 17.5. The summed E-state index contributed by atoms with van der Waals surface area (Å²) in [6.45, 7) is 2.43. The molecule has 168 valence electrons. The van der Waals surface area contributed by atoms with Crippen molar-refractivity contribution in [1.82, 2.24) is 14.9 Å². The second kappa shape index (κ2) is 11.6. The number of alkyl halides is 1. The van der Waals surface area contributed by atoms with Gasteiger partial charge >= 0.3 is 5.97 Å². The SMILES string of the molecule is CCCSc1ccc2ncn(C(CC)C(=O)NC(CCC(=O)O)C(=O)CF)c(=O)c2c1. The molecule has 2 rings (SSSR count). The highest BCUT2D eigenvalue weighted by molar-refractivity contribution is 7.99. The average molecular weight is 452 g/mol. The number of carbonyl (C=O) groups excluding carboxylic acids is 2. The molecule has 0 aliphatic rings. The van der Waals surface area contributed by atoms with Crippen LogP contribution in [-0.4, -0.2) is 50.8 Å². The maximum Gasteiger partial charge on any atom is 0.303 e. The van der Waals surface area contributed by atoms with E-state index in [4.69, 9.17) is 5.11 Å². The highest BCUT2D eigenvalue weighted by atomic mass is 32.2. The summed E-state index contributed by atoms with van der Waals surface area (Å²) in [7, 11) is 0. The lowest BCUT2D eigenvalue weighted by molar-refractivity contribution is -0.138. The van der Waals surface area contributed by atoms with Crippen molar-refractivity contribution in [2.45, 2.75) is 56.5 Å². The molecular weight excluding hydrogens is 425 g/mol. The summed E-state index contributed by atoms with van der Waals surface area (Å²) in [5.74, 6) is -1.84. The molecule has 2 unspecified atom stereocenters. The Balaban J connectivity index is 2.33. The van der Waals surface area contributed by atoms with E-state index in [0.29, 0.717) is 10.9 Å². The van der Waals surface area contributed by atoms with Gasteiger partial charge in [0.15, 0.2) is 5.78 Å². The molecule has 0 saturated heterocycles. The van der Waals surface area contributed by atoms with Crippen molar-refractivity contribution in [2.24, 2.45) is 0 Å². The summed E-state index contributed by atoms with van der Waals surface area (Å²) < 4.78 is 14.1. The van der Waals surface area contributed by atoms with E-state index >= 15 is 0 Å². The van der Waals surface area contributed by atoms with Crippen molar-refractivity contribution in [3.05, 3.63) is 34.9 Å². The van der Waals surface area contributed by atoms with E-state index in [0.717, 1.165) is 17.1 Å². The number of aromatic nitrogens is 2. The molecule has 1 amide bonds. The van der Waals surface area contributed by atoms with Crippen LogP contribution in [0.1, 0.15) is 45.6 Å². The maximum absolute atomic E-state index is 13.1. The van der Waals surface area contributed by atoms with Crippen LogP contribution in [0.4, 0.5) is 4.39 Å². The fourth-order valence-electron chi connectivity index (χ4n) is 3.10. The Morgan fingerprint density at radius 1 is 1.29 bits per heavy atom. The second-order valence-electron chi connectivity index (χ2n) is 7.00. The number of thioether (sulfide) groups is 1. The van der Waals surface area contributed by atoms with Gasteiger partial charge in [-0.2, -0.15) is 0 Å². The number of benzene rings is 1. The van der Waals surface area contributed by atoms with Crippen LogP contribution >= 0.6 is 11.8 Å². The summed E-state index contributed by atoms with van der Waals surface area (Å²) in [6, 6.07) is 3.13. The minimum absolute atomic E-state index is 0.221. The van der Waals surface area contributed by atoms with Gasteiger partial charge < -0.3 is 10.4 Å². The third-order valence-electron chi connectivity index (χ3n) is 4.74. The highest BCUT2D eigenvalue weighted by Gasteiger charge is 2.27. The lowest BCUT2D eigenvalue weighted by Gasteiger charge is -2.22. The molecule has 8 nitrogen and oxygen atoms in total. The van der Waals surface area contributed by atoms with Crippen LogP contribution in [0.5, 0.6) is 0 Å². The summed E-state index contributed by atoms with van der Waals surface area (Å²) in [4.78, 5) is 53.7. The smallest absolute Gasteiger partial charge is 0.303 e. The van der Waals surface area contributed by atoms with Gasteiger partial charge in [-0.25, -0.2) is 9.37 Å². The molecule has 10 heteroatoms. The molecule has 1 heterocycles. The fourth-order valence-corrected chi connectivity index (χ4v) is 3.90. The third kappa shape index (κ3) is 6.36. The van der Waals surface area contributed by atoms with Crippen LogP contribution in [0.15, 0.2) is 34.2 Å². The molecule has 0 bridgehead atoms. The van der Waals surface area contributed by atoms with Crippen molar-refractivity contribution in [2.75, 3.05) is 12.4 Å². The highest BCUT2D eigenvalue weighted by Crippen LogP contribution is 2.22. The average Bonchev–Trinajstić information content (AvgIpc) is 2.76. The molecule has 0 fully saturated rings. The standard InChI is InChI=1S/C21H26FN3O5S/c1-3-9-31-13-5-6-15-14(10-13)21(30)25(12-23-15)17(4-2)20(29)24-16(18(26)11-22)7-8-19(27)28/h5-6,10,12,16-17H,3-4,7-9,11H2,1-2H3,(H,24,29)(H,27,28). The predicted molar refractivity (Wildman–Crippen MR) is 116 cm³/mol. The first-order chi connectivity index (χ1) is 14.8. The van der Waals surface area contributed by atoms with Crippen molar-refractivity contribution >= 4 is 40.3 Å². The van der Waals surface area contributed by atoms with Crippen LogP contribution in [0.3, 0.4) is 0 Å². The van der Waals surface area contributed by atoms with Gasteiger partial charge in [0.25, 0.3) is 5.56 Å². The lowest BCUT2D eigenvalue weighted by Crippen LogP contribution is -2.46. The quantitative estimate of drug-likeness (QED) is 0.476. The first-order valence-corrected chi connectivity index (χ1v) is 11.0. The molecule has 2 aromatic rings. The van der Waals surface area contributed by atoms with Crippen molar-refractivity contribution in [1.29, 1.82) is 0 Å². The number of hydrogen-bond acceptors (Lipinski definition) is 6. The number of aliphatic carboxylic acids is 1. The summed E-state index contributed by atoms with van der Waals surface area (Å²) in [5.41, 5.74) is 0.106. The lowest BCUT2D eigenvalue weighted by atomic mass is 10.1. The molecule has 0 saturated carbocycles. The number of nitrogens with zero attached hydrogens (tertiary/aromatic N) is 2. The number of amides is 1. The van der Waals surface area contributed by atoms with Crippen molar-refractivity contribution < 1.29 is 23.9 Å². The number of carboxylic acid groups (broad SMARTS) is 1. The van der Waals surface area contributed by atoms with E-state index < -0.39 is 48.4 Å². The first kappa shape index (κ1) is 24.5. The number of halogens is 1. The van der Waals surface area contributed by atoms with Crippen LogP contribution in [0.2, 0.25) is 0 Å². The number of ketones is 1. The molecule has 1 aromatic carbocycles. The minimum atomic E-state index is -1.32. The molecule has 0 aliphatic heterocycles. The van der Waals surface area contributed by atoms with Gasteiger partial charge in [0, 0.05) is 11.3 Å². The van der Waals surface area contributed by atoms with Gasteiger partial charge in [-0.05, 0) is 43.2 Å². The summed E-state index contributed by atoms with van der Waals surface area (Å²) in [5, 5.41) is 11.6. The second-order valence-corrected chi connectivity index (χ2v) is 8.17. The van der Waals surface area contributed by atoms with Crippen LogP contribution < -0.4 is 10.9 Å². The monoisotopic (exact) mass is 451 g/mol. The third-order valence-corrected chi connectivity index (χ3v) is 5.94. The number of hydrogen-bond donors (Lipinski definition) is 2. The first-order valence-electron chi connectivity index (χ1n) is 10.1. The number of carboxylic acids is 1. The number of fused-ring (bicyclic) bond motifs is 1. The number of carbonyl (C=O) groups is 3. The topological polar surface area (TPSA) is 118 Å². The molecule has 0 spiro atoms. The van der Waals surface area contributed by atoms with E-state index in [1.807, 2.05) is 6.07 Å². The molecule has 0 radical (unpaired) electrons. The molecule has 2 atom stereocenters. The van der Waals surface area contributed by atoms with Gasteiger partial charge in [0.2, 0.25) is 5.91 Å². The predicted octanol–water partition coefficient (Wildman–Crippen LogP) is 2.74. The number of nitrogens with one attached hydrogen (secondary N) is 1.